The van der Waals surface area contributed by atoms with Crippen LogP contribution in [0.2, 0.25) is 0 Å². The molecule has 0 radical (unpaired) electrons. The molecule has 1 fully saturated rings. The first kappa shape index (κ1) is 14.7. The van der Waals surface area contributed by atoms with E-state index in [1.165, 1.54) is 23.6 Å². The first-order valence-electron chi connectivity index (χ1n) is 7.61. The number of carbonyl (C=O) groups is 1. The number of likely N-dealkylation sites (N-methyl/N-ethyl adjacent to an activating group) is 1. The maximum atomic E-state index is 12.8. The SMILES string of the molecule is CN1C(=O)[C@@]2(C)c3c(n(C)c(=O)n(C)c3=O)O[C@@]12c1ccccc1. The molecule has 2 atom stereocenters. The van der Waals surface area contributed by atoms with E-state index in [2.05, 4.69) is 0 Å². The highest BCUT2D eigenvalue weighted by atomic mass is 16.5. The molecule has 1 aromatic carbocycles. The summed E-state index contributed by atoms with van der Waals surface area (Å²) in [6.45, 7) is 1.71. The molecule has 1 saturated heterocycles. The number of hydrogen-bond acceptors (Lipinski definition) is 4. The van der Waals surface area contributed by atoms with E-state index in [1.54, 1.807) is 14.0 Å². The van der Waals surface area contributed by atoms with Crippen LogP contribution >= 0.6 is 0 Å². The molecule has 0 saturated carbocycles. The number of amides is 1. The van der Waals surface area contributed by atoms with Crippen molar-refractivity contribution in [1.29, 1.82) is 0 Å². The smallest absolute Gasteiger partial charge is 0.333 e. The molecular formula is C17H17N3O4. The molecule has 2 aliphatic rings. The number of likely N-dealkylation sites (tertiary alicyclic amines) is 1. The Balaban J connectivity index is 2.12. The quantitative estimate of drug-likeness (QED) is 0.694. The van der Waals surface area contributed by atoms with Crippen molar-refractivity contribution >= 4 is 5.91 Å². The van der Waals surface area contributed by atoms with Gasteiger partial charge >= 0.3 is 5.69 Å². The highest BCUT2D eigenvalue weighted by molar-refractivity contribution is 5.98. The Morgan fingerprint density at radius 2 is 1.58 bits per heavy atom. The molecule has 7 nitrogen and oxygen atoms in total. The predicted molar refractivity (Wildman–Crippen MR) is 85.8 cm³/mol. The molecule has 2 aromatic rings. The second-order valence-corrected chi connectivity index (χ2v) is 6.49. The summed E-state index contributed by atoms with van der Waals surface area (Å²) in [5.74, 6) is -0.0481. The Hall–Kier alpha value is -2.83. The lowest BCUT2D eigenvalue weighted by Gasteiger charge is -2.56. The Kier molecular flexibility index (Phi) is 2.56. The number of carbonyl (C=O) groups excluding carboxylic acids is 1. The average molecular weight is 327 g/mol. The third-order valence-corrected chi connectivity index (χ3v) is 5.40. The van der Waals surface area contributed by atoms with E-state index in [0.29, 0.717) is 0 Å². The topological polar surface area (TPSA) is 73.5 Å². The van der Waals surface area contributed by atoms with Crippen molar-refractivity contribution in [1.82, 2.24) is 14.0 Å². The van der Waals surface area contributed by atoms with Gasteiger partial charge in [0.25, 0.3) is 5.56 Å². The minimum absolute atomic E-state index is 0.159. The van der Waals surface area contributed by atoms with Gasteiger partial charge in [0, 0.05) is 26.7 Å². The van der Waals surface area contributed by atoms with Crippen LogP contribution in [0.3, 0.4) is 0 Å². The van der Waals surface area contributed by atoms with Crippen molar-refractivity contribution in [2.75, 3.05) is 7.05 Å². The second kappa shape index (κ2) is 4.17. The van der Waals surface area contributed by atoms with Gasteiger partial charge in [0.15, 0.2) is 0 Å². The fourth-order valence-electron chi connectivity index (χ4n) is 4.07. The number of β-lactam (4-membered cyclic amide) rings is 1. The lowest BCUT2D eigenvalue weighted by molar-refractivity contribution is -0.211. The van der Waals surface area contributed by atoms with Crippen LogP contribution in [0.1, 0.15) is 18.1 Å². The van der Waals surface area contributed by atoms with E-state index in [4.69, 9.17) is 4.74 Å². The second-order valence-electron chi connectivity index (χ2n) is 6.49. The van der Waals surface area contributed by atoms with Crippen LogP contribution in [0.15, 0.2) is 39.9 Å². The molecule has 3 heterocycles. The molecule has 0 bridgehead atoms. The Labute approximate surface area is 137 Å². The molecule has 24 heavy (non-hydrogen) atoms. The highest BCUT2D eigenvalue weighted by Crippen LogP contribution is 2.61. The molecule has 0 aliphatic carbocycles. The lowest BCUT2D eigenvalue weighted by Crippen LogP contribution is -2.76. The van der Waals surface area contributed by atoms with E-state index >= 15 is 0 Å². The number of aromatic nitrogens is 2. The number of hydrogen-bond donors (Lipinski definition) is 0. The molecule has 1 aromatic heterocycles. The normalized spacial score (nSPS) is 27.3. The van der Waals surface area contributed by atoms with E-state index in [9.17, 15) is 14.4 Å². The van der Waals surface area contributed by atoms with Crippen LogP contribution in [0, 0.1) is 0 Å². The van der Waals surface area contributed by atoms with Crippen molar-refractivity contribution in [2.24, 2.45) is 14.1 Å². The largest absolute Gasteiger partial charge is 0.446 e. The summed E-state index contributed by atoms with van der Waals surface area (Å²) in [5, 5.41) is 0. The summed E-state index contributed by atoms with van der Waals surface area (Å²) in [6.07, 6.45) is 0. The fraction of sp³-hybridized carbons (Fsp3) is 0.353. The van der Waals surface area contributed by atoms with Crippen LogP contribution in [0.5, 0.6) is 5.88 Å². The zero-order chi connectivity index (χ0) is 17.4. The third kappa shape index (κ3) is 1.25. The Bertz CT molecular complexity index is 1010. The van der Waals surface area contributed by atoms with Gasteiger partial charge < -0.3 is 9.64 Å². The van der Waals surface area contributed by atoms with Crippen LogP contribution in [0.25, 0.3) is 0 Å². The molecule has 7 heteroatoms. The standard InChI is InChI=1S/C17H17N3O4/c1-16-11-12(21)18(2)15(23)19(3)13(11)24-17(16,20(4)14(16)22)10-8-6-5-7-9-10/h5-9H,1-4H3/t16-,17-/m1/s1. The summed E-state index contributed by atoms with van der Waals surface area (Å²) < 4.78 is 8.47. The number of benzene rings is 1. The summed E-state index contributed by atoms with van der Waals surface area (Å²) >= 11 is 0. The third-order valence-electron chi connectivity index (χ3n) is 5.40. The molecule has 0 spiro atoms. The highest BCUT2D eigenvalue weighted by Gasteiger charge is 2.77. The summed E-state index contributed by atoms with van der Waals surface area (Å²) in [7, 11) is 4.59. The van der Waals surface area contributed by atoms with E-state index in [-0.39, 0.29) is 17.4 Å². The van der Waals surface area contributed by atoms with Gasteiger partial charge in [-0.25, -0.2) is 4.79 Å². The zero-order valence-corrected chi connectivity index (χ0v) is 13.9. The Morgan fingerprint density at radius 3 is 2.21 bits per heavy atom. The van der Waals surface area contributed by atoms with E-state index in [0.717, 1.165) is 10.1 Å². The first-order chi connectivity index (χ1) is 11.3. The van der Waals surface area contributed by atoms with Crippen LogP contribution < -0.4 is 16.0 Å². The van der Waals surface area contributed by atoms with Crippen LogP contribution in [0.4, 0.5) is 0 Å². The van der Waals surface area contributed by atoms with E-state index in [1.807, 2.05) is 30.3 Å². The van der Waals surface area contributed by atoms with Crippen molar-refractivity contribution in [2.45, 2.75) is 18.1 Å². The van der Waals surface area contributed by atoms with Crippen molar-refractivity contribution < 1.29 is 9.53 Å². The summed E-state index contributed by atoms with van der Waals surface area (Å²) in [6, 6.07) is 9.29. The van der Waals surface area contributed by atoms with Gasteiger partial charge in [-0.15, -0.1) is 0 Å². The predicted octanol–water partition coefficient (Wildman–Crippen LogP) is 0.0591. The minimum Gasteiger partial charge on any atom is -0.446 e. The number of ether oxygens (including phenoxy) is 1. The maximum absolute atomic E-state index is 12.8. The number of rotatable bonds is 1. The molecule has 1 amide bonds. The fourth-order valence-corrected chi connectivity index (χ4v) is 4.07. The molecule has 124 valence electrons. The monoisotopic (exact) mass is 327 g/mol. The van der Waals surface area contributed by atoms with Crippen molar-refractivity contribution in [3.8, 4) is 5.88 Å². The van der Waals surface area contributed by atoms with Gasteiger partial charge in [0.1, 0.15) is 5.41 Å². The molecule has 4 rings (SSSR count). The van der Waals surface area contributed by atoms with Crippen LogP contribution in [-0.4, -0.2) is 27.0 Å². The van der Waals surface area contributed by atoms with Gasteiger partial charge in [-0.1, -0.05) is 30.3 Å². The zero-order valence-electron chi connectivity index (χ0n) is 13.9. The van der Waals surface area contributed by atoms with Crippen LogP contribution in [-0.2, 0) is 30.0 Å². The molecule has 0 unspecified atom stereocenters. The van der Waals surface area contributed by atoms with Crippen molar-refractivity contribution in [3.05, 3.63) is 62.3 Å². The Morgan fingerprint density at radius 1 is 0.958 bits per heavy atom. The lowest BCUT2D eigenvalue weighted by atomic mass is 9.64. The minimum atomic E-state index is -1.17. The maximum Gasteiger partial charge on any atom is 0.333 e. The van der Waals surface area contributed by atoms with Gasteiger partial charge in [0.05, 0.1) is 5.56 Å². The summed E-state index contributed by atoms with van der Waals surface area (Å²) in [4.78, 5) is 39.3. The van der Waals surface area contributed by atoms with Gasteiger partial charge in [0.2, 0.25) is 17.5 Å². The van der Waals surface area contributed by atoms with Gasteiger partial charge in [-0.05, 0) is 6.92 Å². The molecule has 2 aliphatic heterocycles. The number of fused-ring (bicyclic) bond motifs is 3. The van der Waals surface area contributed by atoms with Crippen molar-refractivity contribution in [3.63, 3.8) is 0 Å². The number of nitrogens with zero attached hydrogens (tertiary/aromatic N) is 3. The average Bonchev–Trinajstić information content (AvgIpc) is 2.86. The van der Waals surface area contributed by atoms with E-state index < -0.39 is 22.4 Å². The first-order valence-corrected chi connectivity index (χ1v) is 7.61. The summed E-state index contributed by atoms with van der Waals surface area (Å²) in [5.41, 5.74) is -2.26. The van der Waals surface area contributed by atoms with Gasteiger partial charge in [-0.2, -0.15) is 0 Å². The van der Waals surface area contributed by atoms with Gasteiger partial charge in [-0.3, -0.25) is 18.7 Å². The molecular weight excluding hydrogens is 310 g/mol. The molecule has 0 N–H and O–H groups in total.